The van der Waals surface area contributed by atoms with Crippen LogP contribution in [0.1, 0.15) is 35.8 Å². The smallest absolute Gasteiger partial charge is 0.246 e. The first-order valence-electron chi connectivity index (χ1n) is 11.8. The van der Waals surface area contributed by atoms with Gasteiger partial charge in [0.05, 0.1) is 11.7 Å². The Hall–Kier alpha value is -4.03. The zero-order valence-corrected chi connectivity index (χ0v) is 20.7. The monoisotopic (exact) mass is 497 g/mol. The third kappa shape index (κ3) is 3.84. The lowest BCUT2D eigenvalue weighted by atomic mass is 9.87. The molecule has 36 heavy (non-hydrogen) atoms. The number of rotatable bonds is 6. The van der Waals surface area contributed by atoms with Crippen LogP contribution in [0.25, 0.3) is 22.3 Å². The van der Waals surface area contributed by atoms with Crippen LogP contribution in [0, 0.1) is 0 Å². The number of phenolic OH excluding ortho intramolecular Hbond substituents is 2. The van der Waals surface area contributed by atoms with Crippen molar-refractivity contribution in [1.82, 2.24) is 0 Å². The molecule has 2 unspecified atom stereocenters. The van der Waals surface area contributed by atoms with Gasteiger partial charge in [-0.1, -0.05) is 73.7 Å². The molecule has 5 rings (SSSR count). The van der Waals surface area contributed by atoms with Crippen molar-refractivity contribution in [2.75, 3.05) is 4.31 Å². The molecule has 5 nitrogen and oxygen atoms in total. The molecule has 4 aromatic carbocycles. The molecule has 0 aromatic heterocycles. The van der Waals surface area contributed by atoms with Gasteiger partial charge in [0, 0.05) is 11.1 Å². The lowest BCUT2D eigenvalue weighted by Gasteiger charge is -2.40. The Morgan fingerprint density at radius 2 is 1.56 bits per heavy atom. The molecule has 1 aliphatic rings. The maximum absolute atomic E-state index is 14.3. The Labute approximate surface area is 211 Å². The second kappa shape index (κ2) is 9.21. The van der Waals surface area contributed by atoms with Crippen LogP contribution < -0.4 is 4.31 Å². The average molecular weight is 498 g/mol. The number of hydrogen-bond donors (Lipinski definition) is 2. The predicted octanol–water partition coefficient (Wildman–Crippen LogP) is 6.96. The van der Waals surface area contributed by atoms with E-state index in [4.69, 9.17) is 0 Å². The minimum absolute atomic E-state index is 0.0688. The molecule has 0 aliphatic carbocycles. The molecular formula is C30H27NO4S. The SMILES string of the molecule is C=CC(c1ccc(O)cc1)S(=O)(=O)N1c2ccc(-c3ccccc3O)cc2-c2ccccc2C1CC. The summed E-state index contributed by atoms with van der Waals surface area (Å²) in [5, 5.41) is 19.2. The fourth-order valence-electron chi connectivity index (χ4n) is 5.07. The van der Waals surface area contributed by atoms with Gasteiger partial charge in [0.1, 0.15) is 16.7 Å². The van der Waals surface area contributed by atoms with Crippen molar-refractivity contribution in [1.29, 1.82) is 0 Å². The summed E-state index contributed by atoms with van der Waals surface area (Å²) >= 11 is 0. The zero-order valence-electron chi connectivity index (χ0n) is 19.9. The second-order valence-electron chi connectivity index (χ2n) is 8.85. The number of benzene rings is 4. The minimum atomic E-state index is -3.96. The Balaban J connectivity index is 1.73. The number of phenols is 2. The Bertz CT molecular complexity index is 1540. The molecule has 4 aromatic rings. The number of fused-ring (bicyclic) bond motifs is 3. The van der Waals surface area contributed by atoms with E-state index in [2.05, 4.69) is 6.58 Å². The van der Waals surface area contributed by atoms with Gasteiger partial charge in [0.15, 0.2) is 0 Å². The van der Waals surface area contributed by atoms with Gasteiger partial charge in [0.2, 0.25) is 10.0 Å². The van der Waals surface area contributed by atoms with Gasteiger partial charge in [-0.3, -0.25) is 4.31 Å². The Morgan fingerprint density at radius 1 is 0.889 bits per heavy atom. The molecule has 2 N–H and O–H groups in total. The van der Waals surface area contributed by atoms with Crippen LogP contribution in [0.3, 0.4) is 0 Å². The van der Waals surface area contributed by atoms with Gasteiger partial charge < -0.3 is 10.2 Å². The van der Waals surface area contributed by atoms with E-state index in [1.165, 1.54) is 22.5 Å². The van der Waals surface area contributed by atoms with Crippen LogP contribution in [0.4, 0.5) is 5.69 Å². The number of para-hydroxylation sites is 1. The van der Waals surface area contributed by atoms with Gasteiger partial charge in [-0.2, -0.15) is 0 Å². The molecule has 6 heteroatoms. The summed E-state index contributed by atoms with van der Waals surface area (Å²) in [7, 11) is -3.96. The van der Waals surface area contributed by atoms with Gasteiger partial charge in [-0.05, 0) is 59.0 Å². The van der Waals surface area contributed by atoms with Crippen molar-refractivity contribution in [3.05, 3.63) is 115 Å². The van der Waals surface area contributed by atoms with Crippen LogP contribution >= 0.6 is 0 Å². The summed E-state index contributed by atoms with van der Waals surface area (Å²) in [6, 6.07) is 26.4. The average Bonchev–Trinajstić information content (AvgIpc) is 2.89. The van der Waals surface area contributed by atoms with Crippen LogP contribution in [-0.2, 0) is 10.0 Å². The molecule has 0 bridgehead atoms. The van der Waals surface area contributed by atoms with Gasteiger partial charge in [-0.15, -0.1) is 6.58 Å². The van der Waals surface area contributed by atoms with Crippen molar-refractivity contribution >= 4 is 15.7 Å². The molecular weight excluding hydrogens is 470 g/mol. The highest BCUT2D eigenvalue weighted by Crippen LogP contribution is 2.50. The van der Waals surface area contributed by atoms with Crippen molar-refractivity contribution < 1.29 is 18.6 Å². The number of anilines is 1. The summed E-state index contributed by atoms with van der Waals surface area (Å²) < 4.78 is 30.1. The van der Waals surface area contributed by atoms with Crippen LogP contribution in [0.5, 0.6) is 11.5 Å². The number of sulfonamides is 1. The molecule has 0 radical (unpaired) electrons. The molecule has 1 heterocycles. The van der Waals surface area contributed by atoms with E-state index in [1.807, 2.05) is 61.5 Å². The first-order chi connectivity index (χ1) is 17.4. The Kier molecular flexibility index (Phi) is 6.06. The van der Waals surface area contributed by atoms with E-state index in [9.17, 15) is 18.6 Å². The van der Waals surface area contributed by atoms with Crippen molar-refractivity contribution in [2.45, 2.75) is 24.6 Å². The van der Waals surface area contributed by atoms with Gasteiger partial charge >= 0.3 is 0 Å². The normalized spacial score (nSPS) is 15.6. The number of aromatic hydroxyl groups is 2. The standard InChI is InChI=1S/C30H27NO4S/c1-3-27-25-11-6-5-10-24(25)26-19-21(23-9-7-8-12-29(23)33)15-18-28(26)31(27)36(34,35)30(4-2)20-13-16-22(32)17-14-20/h4-19,27,30,32-33H,2-3H2,1H3. The fraction of sp³-hybridized carbons (Fsp3) is 0.133. The summed E-state index contributed by atoms with van der Waals surface area (Å²) in [5.41, 5.74) is 5.29. The van der Waals surface area contributed by atoms with Gasteiger partial charge in [0.25, 0.3) is 0 Å². The van der Waals surface area contributed by atoms with E-state index in [0.717, 1.165) is 22.3 Å². The second-order valence-corrected chi connectivity index (χ2v) is 10.8. The molecule has 0 saturated heterocycles. The Morgan fingerprint density at radius 3 is 2.22 bits per heavy atom. The topological polar surface area (TPSA) is 77.8 Å². The molecule has 1 aliphatic heterocycles. The maximum atomic E-state index is 14.3. The quantitative estimate of drug-likeness (QED) is 0.282. The summed E-state index contributed by atoms with van der Waals surface area (Å²) in [6.07, 6.45) is 2.02. The molecule has 182 valence electrons. The summed E-state index contributed by atoms with van der Waals surface area (Å²) in [4.78, 5) is 0. The lowest BCUT2D eigenvalue weighted by molar-refractivity contribution is 0.475. The molecule has 0 saturated carbocycles. The van der Waals surface area contributed by atoms with E-state index >= 15 is 0 Å². The van der Waals surface area contributed by atoms with Crippen LogP contribution in [0.2, 0.25) is 0 Å². The first-order valence-corrected chi connectivity index (χ1v) is 13.3. The zero-order chi connectivity index (χ0) is 25.4. The third-order valence-electron chi connectivity index (χ3n) is 6.76. The van der Waals surface area contributed by atoms with Crippen molar-refractivity contribution in [3.63, 3.8) is 0 Å². The minimum Gasteiger partial charge on any atom is -0.508 e. The highest BCUT2D eigenvalue weighted by molar-refractivity contribution is 7.93. The van der Waals surface area contributed by atoms with Crippen molar-refractivity contribution in [3.8, 4) is 33.8 Å². The van der Waals surface area contributed by atoms with E-state index in [-0.39, 0.29) is 11.5 Å². The van der Waals surface area contributed by atoms with E-state index in [1.54, 1.807) is 24.3 Å². The van der Waals surface area contributed by atoms with Crippen molar-refractivity contribution in [2.24, 2.45) is 0 Å². The lowest BCUT2D eigenvalue weighted by Crippen LogP contribution is -2.39. The highest BCUT2D eigenvalue weighted by atomic mass is 32.2. The van der Waals surface area contributed by atoms with E-state index < -0.39 is 21.3 Å². The summed E-state index contributed by atoms with van der Waals surface area (Å²) in [6.45, 7) is 5.82. The van der Waals surface area contributed by atoms with Gasteiger partial charge in [-0.25, -0.2) is 8.42 Å². The van der Waals surface area contributed by atoms with Crippen LogP contribution in [-0.4, -0.2) is 18.6 Å². The maximum Gasteiger partial charge on any atom is 0.246 e. The first kappa shape index (κ1) is 23.7. The molecule has 2 atom stereocenters. The fourth-order valence-corrected chi connectivity index (χ4v) is 7.11. The molecule has 0 amide bonds. The predicted molar refractivity (Wildman–Crippen MR) is 144 cm³/mol. The number of hydrogen-bond acceptors (Lipinski definition) is 4. The van der Waals surface area contributed by atoms with E-state index in [0.29, 0.717) is 23.2 Å². The molecule has 0 spiro atoms. The molecule has 0 fully saturated rings. The largest absolute Gasteiger partial charge is 0.508 e. The highest BCUT2D eigenvalue weighted by Gasteiger charge is 2.41. The third-order valence-corrected chi connectivity index (χ3v) is 8.87. The van der Waals surface area contributed by atoms with Crippen LogP contribution in [0.15, 0.2) is 104 Å². The summed E-state index contributed by atoms with van der Waals surface area (Å²) in [5.74, 6) is 0.232. The number of nitrogens with zero attached hydrogens (tertiary/aromatic N) is 1.